The summed E-state index contributed by atoms with van der Waals surface area (Å²) in [7, 11) is 3.85. The van der Waals surface area contributed by atoms with E-state index in [0.29, 0.717) is 17.9 Å². The number of hydrogen-bond donors (Lipinski definition) is 1. The van der Waals surface area contributed by atoms with Crippen LogP contribution in [0.15, 0.2) is 21.7 Å². The zero-order chi connectivity index (χ0) is 17.1. The minimum atomic E-state index is -0.651. The highest BCUT2D eigenvalue weighted by Crippen LogP contribution is 2.24. The van der Waals surface area contributed by atoms with Crippen molar-refractivity contribution in [3.05, 3.63) is 43.0 Å². The molecule has 0 unspecified atom stereocenters. The molecule has 0 amide bonds. The van der Waals surface area contributed by atoms with E-state index in [2.05, 4.69) is 4.98 Å². The van der Waals surface area contributed by atoms with Crippen LogP contribution in [0, 0.1) is 0 Å². The molecule has 0 aliphatic carbocycles. The van der Waals surface area contributed by atoms with Crippen molar-refractivity contribution in [2.45, 2.75) is 19.4 Å². The second kappa shape index (κ2) is 7.29. The van der Waals surface area contributed by atoms with E-state index < -0.39 is 11.2 Å². The summed E-state index contributed by atoms with van der Waals surface area (Å²) in [5.74, 6) is -0.0987. The van der Waals surface area contributed by atoms with Gasteiger partial charge >= 0.3 is 5.69 Å². The quantitative estimate of drug-likeness (QED) is 0.856. The summed E-state index contributed by atoms with van der Waals surface area (Å²) in [6.45, 7) is 0.654. The summed E-state index contributed by atoms with van der Waals surface area (Å²) in [6.07, 6.45) is 1.04. The lowest BCUT2D eigenvalue weighted by Gasteiger charge is -2.11. The van der Waals surface area contributed by atoms with Gasteiger partial charge in [0.05, 0.1) is 22.5 Å². The molecule has 0 bridgehead atoms. The van der Waals surface area contributed by atoms with Crippen molar-refractivity contribution >= 4 is 39.9 Å². The number of aromatic amines is 1. The number of Topliss-reactive ketones (excluding diaryl/α,β-unsaturated/α-hetero) is 1. The van der Waals surface area contributed by atoms with E-state index in [-0.39, 0.29) is 28.3 Å². The first-order valence-electron chi connectivity index (χ1n) is 7.08. The summed E-state index contributed by atoms with van der Waals surface area (Å²) < 4.78 is 1.20. The van der Waals surface area contributed by atoms with Gasteiger partial charge in [-0.15, -0.1) is 0 Å². The molecule has 1 heterocycles. The Morgan fingerprint density at radius 2 is 1.96 bits per heavy atom. The number of rotatable bonds is 6. The molecule has 124 valence electrons. The number of fused-ring (bicyclic) bond motifs is 1. The molecule has 1 aromatic carbocycles. The van der Waals surface area contributed by atoms with Crippen molar-refractivity contribution in [2.24, 2.45) is 0 Å². The van der Waals surface area contributed by atoms with Gasteiger partial charge < -0.3 is 4.90 Å². The largest absolute Gasteiger partial charge is 0.329 e. The molecule has 0 fully saturated rings. The first-order valence-corrected chi connectivity index (χ1v) is 7.83. The fourth-order valence-corrected chi connectivity index (χ4v) is 2.91. The predicted octanol–water partition coefficient (Wildman–Crippen LogP) is 1.91. The Bertz CT molecular complexity index is 855. The number of nitrogens with zero attached hydrogens (tertiary/aromatic N) is 2. The van der Waals surface area contributed by atoms with Crippen LogP contribution in [0.1, 0.15) is 12.8 Å². The maximum absolute atomic E-state index is 12.1. The molecule has 6 nitrogen and oxygen atoms in total. The number of carbonyl (C=O) groups is 1. The summed E-state index contributed by atoms with van der Waals surface area (Å²) in [6, 6.07) is 2.89. The SMILES string of the molecule is CN(C)CCCC(=O)Cn1c(=O)[nH]c(=O)c2c(Cl)cc(Cl)cc21. The van der Waals surface area contributed by atoms with Crippen molar-refractivity contribution in [3.63, 3.8) is 0 Å². The zero-order valence-corrected chi connectivity index (χ0v) is 14.4. The number of benzene rings is 1. The number of aromatic nitrogens is 2. The van der Waals surface area contributed by atoms with E-state index in [4.69, 9.17) is 23.2 Å². The molecule has 0 spiro atoms. The molecule has 0 saturated heterocycles. The van der Waals surface area contributed by atoms with Crippen molar-refractivity contribution in [3.8, 4) is 0 Å². The molecule has 1 aromatic heterocycles. The van der Waals surface area contributed by atoms with Crippen LogP contribution in [0.25, 0.3) is 10.9 Å². The van der Waals surface area contributed by atoms with Gasteiger partial charge in [0.15, 0.2) is 5.78 Å². The molecule has 8 heteroatoms. The van der Waals surface area contributed by atoms with Gasteiger partial charge in [0.1, 0.15) is 0 Å². The monoisotopic (exact) mass is 357 g/mol. The summed E-state index contributed by atoms with van der Waals surface area (Å²) in [5, 5.41) is 0.584. The lowest BCUT2D eigenvalue weighted by atomic mass is 10.2. The lowest BCUT2D eigenvalue weighted by molar-refractivity contribution is -0.119. The van der Waals surface area contributed by atoms with Crippen molar-refractivity contribution < 1.29 is 4.79 Å². The average molecular weight is 358 g/mol. The van der Waals surface area contributed by atoms with Crippen LogP contribution in [0.4, 0.5) is 0 Å². The van der Waals surface area contributed by atoms with Gasteiger partial charge in [-0.05, 0) is 39.2 Å². The highest BCUT2D eigenvalue weighted by molar-refractivity contribution is 6.38. The maximum Gasteiger partial charge on any atom is 0.329 e. The van der Waals surface area contributed by atoms with Crippen LogP contribution in [0.5, 0.6) is 0 Å². The van der Waals surface area contributed by atoms with Gasteiger partial charge in [-0.1, -0.05) is 23.2 Å². The third-order valence-corrected chi connectivity index (χ3v) is 3.93. The second-order valence-corrected chi connectivity index (χ2v) is 6.42. The van der Waals surface area contributed by atoms with Crippen LogP contribution in [0.3, 0.4) is 0 Å². The molecular weight excluding hydrogens is 341 g/mol. The predicted molar refractivity (Wildman–Crippen MR) is 91.6 cm³/mol. The van der Waals surface area contributed by atoms with Gasteiger partial charge in [-0.3, -0.25) is 19.1 Å². The van der Waals surface area contributed by atoms with Gasteiger partial charge in [0.2, 0.25) is 0 Å². The Morgan fingerprint density at radius 3 is 2.61 bits per heavy atom. The van der Waals surface area contributed by atoms with E-state index >= 15 is 0 Å². The topological polar surface area (TPSA) is 75.2 Å². The smallest absolute Gasteiger partial charge is 0.309 e. The molecule has 0 atom stereocenters. The molecule has 0 aliphatic heterocycles. The number of carbonyl (C=O) groups excluding carboxylic acids is 1. The van der Waals surface area contributed by atoms with Crippen molar-refractivity contribution in [1.82, 2.24) is 14.5 Å². The Hall–Kier alpha value is -1.63. The molecule has 23 heavy (non-hydrogen) atoms. The number of hydrogen-bond acceptors (Lipinski definition) is 4. The van der Waals surface area contributed by atoms with E-state index in [1.54, 1.807) is 0 Å². The Labute approximate surface area is 142 Å². The minimum absolute atomic E-state index is 0.0987. The first kappa shape index (κ1) is 17.7. The third-order valence-electron chi connectivity index (χ3n) is 3.41. The van der Waals surface area contributed by atoms with E-state index in [0.717, 1.165) is 6.54 Å². The number of nitrogens with one attached hydrogen (secondary N) is 1. The lowest BCUT2D eigenvalue weighted by Crippen LogP contribution is -2.32. The number of ketones is 1. The summed E-state index contributed by atoms with van der Waals surface area (Å²) in [4.78, 5) is 40.3. The molecule has 1 N–H and O–H groups in total. The van der Waals surface area contributed by atoms with Crippen LogP contribution in [0.2, 0.25) is 10.0 Å². The number of halogens is 2. The normalized spacial score (nSPS) is 11.3. The van der Waals surface area contributed by atoms with E-state index in [1.165, 1.54) is 16.7 Å². The molecule has 2 rings (SSSR count). The van der Waals surface area contributed by atoms with Gasteiger partial charge in [-0.25, -0.2) is 4.79 Å². The third kappa shape index (κ3) is 4.22. The van der Waals surface area contributed by atoms with Gasteiger partial charge in [0.25, 0.3) is 5.56 Å². The highest BCUT2D eigenvalue weighted by atomic mass is 35.5. The Kier molecular flexibility index (Phi) is 5.62. The first-order chi connectivity index (χ1) is 10.8. The molecular formula is C15H17Cl2N3O3. The van der Waals surface area contributed by atoms with Crippen LogP contribution >= 0.6 is 23.2 Å². The summed E-state index contributed by atoms with van der Waals surface area (Å²) >= 11 is 12.0. The molecule has 0 aliphatic rings. The van der Waals surface area contributed by atoms with Crippen molar-refractivity contribution in [1.29, 1.82) is 0 Å². The minimum Gasteiger partial charge on any atom is -0.309 e. The zero-order valence-electron chi connectivity index (χ0n) is 12.9. The van der Waals surface area contributed by atoms with Crippen LogP contribution < -0.4 is 11.2 Å². The van der Waals surface area contributed by atoms with Crippen LogP contribution in [-0.4, -0.2) is 40.9 Å². The second-order valence-electron chi connectivity index (χ2n) is 5.57. The Morgan fingerprint density at radius 1 is 1.26 bits per heavy atom. The average Bonchev–Trinajstić information content (AvgIpc) is 2.41. The standard InChI is InChI=1S/C15H17Cl2N3O3/c1-19(2)5-3-4-10(21)8-20-12-7-9(16)6-11(17)13(12)14(22)18-15(20)23/h6-7H,3-5,8H2,1-2H3,(H,18,22,23). The van der Waals surface area contributed by atoms with Crippen molar-refractivity contribution in [2.75, 3.05) is 20.6 Å². The fourth-order valence-electron chi connectivity index (χ4n) is 2.34. The van der Waals surface area contributed by atoms with E-state index in [9.17, 15) is 14.4 Å². The van der Waals surface area contributed by atoms with Gasteiger partial charge in [0, 0.05) is 11.4 Å². The maximum atomic E-state index is 12.1. The Balaban J connectivity index is 2.39. The van der Waals surface area contributed by atoms with Gasteiger partial charge in [-0.2, -0.15) is 0 Å². The molecule has 0 saturated carbocycles. The molecule has 2 aromatic rings. The summed E-state index contributed by atoms with van der Waals surface area (Å²) in [5.41, 5.74) is -0.984. The number of H-pyrrole nitrogens is 1. The highest BCUT2D eigenvalue weighted by Gasteiger charge is 2.14. The van der Waals surface area contributed by atoms with E-state index in [1.807, 2.05) is 19.0 Å². The molecule has 0 radical (unpaired) electrons. The van der Waals surface area contributed by atoms with Crippen LogP contribution in [-0.2, 0) is 11.3 Å². The fraction of sp³-hybridized carbons (Fsp3) is 0.400.